The summed E-state index contributed by atoms with van der Waals surface area (Å²) in [5, 5.41) is 12.4. The molecule has 0 bridgehead atoms. The van der Waals surface area contributed by atoms with Gasteiger partial charge in [-0.2, -0.15) is 0 Å². The fourth-order valence-electron chi connectivity index (χ4n) is 5.91. The minimum Gasteiger partial charge on any atom is -0.481 e. The second kappa shape index (κ2) is 15.0. The second-order valence-corrected chi connectivity index (χ2v) is 15.5. The number of ether oxygens (including phenoxy) is 1. The summed E-state index contributed by atoms with van der Waals surface area (Å²) in [5.74, 6) is 1.58. The first-order chi connectivity index (χ1) is 20.9. The number of unbranched alkanes of at least 4 members (excludes halogenated alkanes) is 7. The highest BCUT2D eigenvalue weighted by Crippen LogP contribution is 2.28. The smallest absolute Gasteiger partial charge is 0.263 e. The van der Waals surface area contributed by atoms with Crippen LogP contribution in [0.2, 0.25) is 5.02 Å². The molecule has 1 aliphatic heterocycles. The maximum Gasteiger partial charge on any atom is 0.263 e. The number of aryl methyl sites for hydroxylation is 1. The monoisotopic (exact) mass is 648 g/mol. The van der Waals surface area contributed by atoms with Crippen LogP contribution in [0.4, 0.5) is 5.69 Å². The van der Waals surface area contributed by atoms with Crippen LogP contribution in [0.1, 0.15) is 90.1 Å². The summed E-state index contributed by atoms with van der Waals surface area (Å²) in [7, 11) is -1.14. The van der Waals surface area contributed by atoms with Crippen LogP contribution in [0.3, 0.4) is 0 Å². The van der Waals surface area contributed by atoms with E-state index in [0.717, 1.165) is 30.6 Å². The molecule has 4 rings (SSSR count). The highest BCUT2D eigenvalue weighted by atomic mass is 35.5. The number of halogens is 1. The highest BCUT2D eigenvalue weighted by molar-refractivity contribution is 7.91. The maximum atomic E-state index is 13.9. The largest absolute Gasteiger partial charge is 0.481 e. The lowest BCUT2D eigenvalue weighted by molar-refractivity contribution is -0.138. The van der Waals surface area contributed by atoms with E-state index in [1.54, 1.807) is 9.42 Å². The van der Waals surface area contributed by atoms with Gasteiger partial charge in [0.2, 0.25) is 0 Å². The van der Waals surface area contributed by atoms with Crippen LogP contribution in [0.5, 0.6) is 5.75 Å². The number of aromatic nitrogens is 4. The number of H-pyrrole nitrogens is 1. The van der Waals surface area contributed by atoms with Crippen molar-refractivity contribution in [1.29, 1.82) is 0 Å². The Morgan fingerprint density at radius 2 is 1.66 bits per heavy atom. The first kappa shape index (κ1) is 34.1. The number of rotatable bonds is 16. The Morgan fingerprint density at radius 3 is 2.30 bits per heavy atom. The number of benzene rings is 1. The van der Waals surface area contributed by atoms with Crippen LogP contribution in [-0.4, -0.2) is 83.3 Å². The summed E-state index contributed by atoms with van der Waals surface area (Å²) in [5.41, 5.74) is 1.83. The minimum atomic E-state index is -2.95. The molecule has 0 aliphatic carbocycles. The Balaban J connectivity index is 1.42. The highest BCUT2D eigenvalue weighted by Gasteiger charge is 2.34. The van der Waals surface area contributed by atoms with Crippen molar-refractivity contribution in [3.8, 4) is 5.75 Å². The summed E-state index contributed by atoms with van der Waals surface area (Å²) in [6.45, 7) is 9.57. The van der Waals surface area contributed by atoms with E-state index in [0.29, 0.717) is 48.3 Å². The normalized spacial score (nSPS) is 15.9. The molecule has 0 saturated carbocycles. The van der Waals surface area contributed by atoms with E-state index in [2.05, 4.69) is 27.1 Å². The number of carbonyl (C=O) groups is 1. The van der Waals surface area contributed by atoms with Crippen molar-refractivity contribution in [3.63, 3.8) is 0 Å². The van der Waals surface area contributed by atoms with E-state index in [4.69, 9.17) is 16.3 Å². The number of amides is 1. The van der Waals surface area contributed by atoms with E-state index in [1.807, 2.05) is 52.1 Å². The molecule has 2 aromatic heterocycles. The van der Waals surface area contributed by atoms with E-state index in [-0.39, 0.29) is 17.4 Å². The van der Waals surface area contributed by atoms with Gasteiger partial charge in [0.25, 0.3) is 5.91 Å². The van der Waals surface area contributed by atoms with Crippen LogP contribution in [0.25, 0.3) is 5.65 Å². The first-order valence-electron chi connectivity index (χ1n) is 16.0. The van der Waals surface area contributed by atoms with Gasteiger partial charge in [-0.1, -0.05) is 77.3 Å². The predicted octanol–water partition coefficient (Wildman–Crippen LogP) is 5.97. The van der Waals surface area contributed by atoms with Gasteiger partial charge in [0.15, 0.2) is 27.4 Å². The molecule has 12 heteroatoms. The fourth-order valence-corrected chi connectivity index (χ4v) is 7.27. The van der Waals surface area contributed by atoms with Gasteiger partial charge in [-0.25, -0.2) is 12.9 Å². The van der Waals surface area contributed by atoms with E-state index < -0.39 is 21.4 Å². The molecular weight excluding hydrogens is 600 g/mol. The molecule has 0 spiro atoms. The van der Waals surface area contributed by atoms with E-state index in [1.165, 1.54) is 32.1 Å². The number of nitrogens with one attached hydrogen (secondary N) is 1. The number of likely N-dealkylation sites (N-methyl/N-ethyl adjacent to an activating group) is 1. The zero-order valence-corrected chi connectivity index (χ0v) is 28.5. The van der Waals surface area contributed by atoms with Crippen molar-refractivity contribution in [2.75, 3.05) is 43.1 Å². The first-order valence-corrected chi connectivity index (χ1v) is 18.2. The molecule has 1 N–H and O–H groups in total. The van der Waals surface area contributed by atoms with E-state index >= 15 is 0 Å². The summed E-state index contributed by atoms with van der Waals surface area (Å²) >= 11 is 6.38. The van der Waals surface area contributed by atoms with Crippen molar-refractivity contribution in [2.45, 2.75) is 97.0 Å². The summed E-state index contributed by atoms with van der Waals surface area (Å²) in [6, 6.07) is 7.64. The molecule has 3 heterocycles. The van der Waals surface area contributed by atoms with Gasteiger partial charge in [-0.3, -0.25) is 9.89 Å². The van der Waals surface area contributed by atoms with Crippen LogP contribution in [0, 0.1) is 6.92 Å². The lowest BCUT2D eigenvalue weighted by Gasteiger charge is -2.31. The molecule has 3 aromatic rings. The number of hydrogen-bond donors (Lipinski definition) is 1. The second-order valence-electron chi connectivity index (χ2n) is 12.8. The van der Waals surface area contributed by atoms with E-state index in [9.17, 15) is 13.2 Å². The van der Waals surface area contributed by atoms with Crippen molar-refractivity contribution in [1.82, 2.24) is 24.7 Å². The number of hydrogen-bond acceptors (Lipinski definition) is 7. The predicted molar refractivity (Wildman–Crippen MR) is 177 cm³/mol. The number of aromatic amines is 1. The molecule has 1 saturated heterocycles. The van der Waals surface area contributed by atoms with Gasteiger partial charge >= 0.3 is 0 Å². The molecule has 1 aromatic carbocycles. The van der Waals surface area contributed by atoms with Gasteiger partial charge in [-0.15, -0.1) is 10.2 Å². The van der Waals surface area contributed by atoms with Gasteiger partial charge < -0.3 is 14.5 Å². The van der Waals surface area contributed by atoms with Crippen LogP contribution in [-0.2, 0) is 20.0 Å². The summed E-state index contributed by atoms with van der Waals surface area (Å²) < 4.78 is 31.8. The van der Waals surface area contributed by atoms with Crippen molar-refractivity contribution < 1.29 is 17.9 Å². The number of anilines is 1. The Morgan fingerprint density at radius 1 is 1.05 bits per heavy atom. The molecule has 44 heavy (non-hydrogen) atoms. The number of nitrogens with zero attached hydrogens (tertiary/aromatic N) is 5. The minimum absolute atomic E-state index is 0.0761. The molecule has 1 fully saturated rings. The topological polar surface area (TPSA) is 113 Å². The lowest BCUT2D eigenvalue weighted by atomic mass is 9.91. The quantitative estimate of drug-likeness (QED) is 0.191. The third kappa shape index (κ3) is 8.68. The van der Waals surface area contributed by atoms with Crippen molar-refractivity contribution >= 4 is 38.7 Å². The van der Waals surface area contributed by atoms with Crippen LogP contribution in [0.15, 0.2) is 24.3 Å². The Hall–Kier alpha value is -2.79. The Labute approximate surface area is 267 Å². The SMILES string of the molecule is CCCCCCCCCCC(Oc1ccc(N2CCS(=O)(=O)CC2)cc1)C(=O)N(C)CC(C)(C)c1nnc2c(Cl)c(C)[nH]n12. The number of carbonyl (C=O) groups excluding carboxylic acids is 1. The molecule has 10 nitrogen and oxygen atoms in total. The molecule has 1 unspecified atom stereocenters. The van der Waals surface area contributed by atoms with Crippen LogP contribution < -0.4 is 9.64 Å². The Kier molecular flexibility index (Phi) is 11.6. The fraction of sp³-hybridized carbons (Fsp3) is 0.656. The Bertz CT molecular complexity index is 1470. The maximum absolute atomic E-state index is 13.9. The summed E-state index contributed by atoms with van der Waals surface area (Å²) in [4.78, 5) is 17.7. The van der Waals surface area contributed by atoms with Crippen LogP contribution >= 0.6 is 11.6 Å². The van der Waals surface area contributed by atoms with Crippen molar-refractivity contribution in [3.05, 3.63) is 40.8 Å². The van der Waals surface area contributed by atoms with Gasteiger partial charge in [0.05, 0.1) is 17.2 Å². The third-order valence-electron chi connectivity index (χ3n) is 8.50. The third-order valence-corrected chi connectivity index (χ3v) is 10.6. The number of sulfone groups is 1. The molecule has 1 atom stereocenters. The number of fused-ring (bicyclic) bond motifs is 1. The van der Waals surface area contributed by atoms with Crippen molar-refractivity contribution in [2.24, 2.45) is 0 Å². The standard InChI is InChI=1S/C32H49ClN6O4S/c1-6-7-8-9-10-11-12-13-14-27(43-26-17-15-25(16-18-26)38-19-21-44(41,42)22-20-38)30(40)37(5)23-32(3,4)31-35-34-29-28(33)24(2)36-39(29)31/h15-18,27,36H,6-14,19-23H2,1-5H3. The molecule has 244 valence electrons. The summed E-state index contributed by atoms with van der Waals surface area (Å²) in [6.07, 6.45) is 9.46. The molecule has 0 radical (unpaired) electrons. The van der Waals surface area contributed by atoms with Gasteiger partial charge in [0.1, 0.15) is 10.8 Å². The van der Waals surface area contributed by atoms with Gasteiger partial charge in [-0.05, 0) is 44.0 Å². The van der Waals surface area contributed by atoms with Gasteiger partial charge in [0, 0.05) is 37.8 Å². The zero-order chi connectivity index (χ0) is 31.9. The lowest BCUT2D eigenvalue weighted by Crippen LogP contribution is -2.45. The molecule has 1 aliphatic rings. The average Bonchev–Trinajstić information content (AvgIpc) is 3.53. The molecule has 1 amide bonds. The average molecular weight is 649 g/mol. The zero-order valence-electron chi connectivity index (χ0n) is 26.9. The molecular formula is C32H49ClN6O4S.